The van der Waals surface area contributed by atoms with Crippen LogP contribution in [-0.2, 0) is 9.59 Å². The zero-order valence-corrected chi connectivity index (χ0v) is 15.9. The molecule has 1 saturated heterocycles. The average Bonchev–Trinajstić information content (AvgIpc) is 3.03. The fourth-order valence-corrected chi connectivity index (χ4v) is 3.44. The molecule has 2 aromatic rings. The van der Waals surface area contributed by atoms with Gasteiger partial charge < -0.3 is 15.1 Å². The Hall–Kier alpha value is -2.80. The molecule has 148 valence electrons. The van der Waals surface area contributed by atoms with E-state index in [0.717, 1.165) is 5.56 Å². The van der Waals surface area contributed by atoms with Crippen molar-refractivity contribution < 1.29 is 18.4 Å². The number of hydrogen-bond donors (Lipinski definition) is 1. The molecule has 3 rings (SSSR count). The first kappa shape index (κ1) is 19.9. The summed E-state index contributed by atoms with van der Waals surface area (Å²) in [5.41, 5.74) is 0.939. The number of likely N-dealkylation sites (N-methyl/N-ethyl adjacent to an activating group) is 1. The van der Waals surface area contributed by atoms with E-state index in [1.165, 1.54) is 29.2 Å². The van der Waals surface area contributed by atoms with Crippen molar-refractivity contribution in [3.05, 3.63) is 65.7 Å². The standard InChI is InChI=1S/C21H23F2N3O2/c1-25(2)19(14-6-5-7-16(22)10-14)12-24-21(28)15-11-20(27)26(13-15)18-9-4-3-8-17(18)23/h3-10,15,19H,11-13H2,1-2H3,(H,24,28)/t15-,19-/m1/s1. The summed E-state index contributed by atoms with van der Waals surface area (Å²) in [7, 11) is 3.70. The second kappa shape index (κ2) is 8.48. The monoisotopic (exact) mass is 387 g/mol. The highest BCUT2D eigenvalue weighted by Gasteiger charge is 2.36. The zero-order chi connectivity index (χ0) is 20.3. The first-order valence-corrected chi connectivity index (χ1v) is 9.11. The lowest BCUT2D eigenvalue weighted by molar-refractivity contribution is -0.126. The van der Waals surface area contributed by atoms with Gasteiger partial charge in [0.15, 0.2) is 0 Å². The van der Waals surface area contributed by atoms with Gasteiger partial charge in [-0.3, -0.25) is 9.59 Å². The smallest absolute Gasteiger partial charge is 0.227 e. The molecule has 0 aromatic heterocycles. The molecule has 1 aliphatic heterocycles. The minimum atomic E-state index is -0.553. The Kier molecular flexibility index (Phi) is 6.04. The molecule has 1 aliphatic rings. The van der Waals surface area contributed by atoms with Gasteiger partial charge in [-0.05, 0) is 43.9 Å². The fourth-order valence-electron chi connectivity index (χ4n) is 3.44. The Bertz CT molecular complexity index is 872. The maximum Gasteiger partial charge on any atom is 0.227 e. The third-order valence-electron chi connectivity index (χ3n) is 4.97. The van der Waals surface area contributed by atoms with Crippen LogP contribution in [0.1, 0.15) is 18.0 Å². The van der Waals surface area contributed by atoms with Gasteiger partial charge in [0, 0.05) is 19.5 Å². The van der Waals surface area contributed by atoms with Crippen LogP contribution in [0.4, 0.5) is 14.5 Å². The molecule has 5 nitrogen and oxygen atoms in total. The zero-order valence-electron chi connectivity index (χ0n) is 15.9. The molecular formula is C21H23F2N3O2. The molecule has 0 radical (unpaired) electrons. The number of rotatable bonds is 6. The number of anilines is 1. The predicted molar refractivity (Wildman–Crippen MR) is 103 cm³/mol. The number of amides is 2. The minimum Gasteiger partial charge on any atom is -0.354 e. The molecule has 0 unspecified atom stereocenters. The summed E-state index contributed by atoms with van der Waals surface area (Å²) in [6, 6.07) is 12.1. The number of carbonyl (C=O) groups is 2. The maximum absolute atomic E-state index is 14.0. The van der Waals surface area contributed by atoms with E-state index in [-0.39, 0.29) is 48.9 Å². The molecule has 0 aliphatic carbocycles. The van der Waals surface area contributed by atoms with Crippen molar-refractivity contribution in [1.82, 2.24) is 10.2 Å². The molecule has 2 atom stereocenters. The molecule has 0 saturated carbocycles. The van der Waals surface area contributed by atoms with Crippen molar-refractivity contribution >= 4 is 17.5 Å². The number of halogens is 2. The van der Waals surface area contributed by atoms with Crippen LogP contribution in [0.2, 0.25) is 0 Å². The molecule has 2 amide bonds. The minimum absolute atomic E-state index is 0.0345. The summed E-state index contributed by atoms with van der Waals surface area (Å²) in [5.74, 6) is -1.93. The molecule has 1 N–H and O–H groups in total. The van der Waals surface area contributed by atoms with Gasteiger partial charge in [-0.1, -0.05) is 24.3 Å². The Morgan fingerprint density at radius 1 is 1.21 bits per heavy atom. The van der Waals surface area contributed by atoms with Gasteiger partial charge in [-0.25, -0.2) is 8.78 Å². The first-order chi connectivity index (χ1) is 13.4. The summed E-state index contributed by atoms with van der Waals surface area (Å²) in [6.45, 7) is 0.415. The van der Waals surface area contributed by atoms with Crippen molar-refractivity contribution in [2.45, 2.75) is 12.5 Å². The summed E-state index contributed by atoms with van der Waals surface area (Å²) in [4.78, 5) is 28.1. The number of benzene rings is 2. The van der Waals surface area contributed by atoms with Crippen LogP contribution in [0.5, 0.6) is 0 Å². The molecule has 0 spiro atoms. The average molecular weight is 387 g/mol. The van der Waals surface area contributed by atoms with Gasteiger partial charge in [0.2, 0.25) is 11.8 Å². The Morgan fingerprint density at radius 3 is 2.64 bits per heavy atom. The fraction of sp³-hybridized carbons (Fsp3) is 0.333. The predicted octanol–water partition coefficient (Wildman–Crippen LogP) is 2.74. The number of nitrogens with zero attached hydrogens (tertiary/aromatic N) is 2. The van der Waals surface area contributed by atoms with E-state index in [9.17, 15) is 18.4 Å². The lowest BCUT2D eigenvalue weighted by Gasteiger charge is -2.25. The lowest BCUT2D eigenvalue weighted by atomic mass is 10.0. The summed E-state index contributed by atoms with van der Waals surface area (Å²) < 4.78 is 27.5. The van der Waals surface area contributed by atoms with Crippen molar-refractivity contribution in [3.63, 3.8) is 0 Å². The second-order valence-electron chi connectivity index (χ2n) is 7.14. The van der Waals surface area contributed by atoms with Gasteiger partial charge in [0.05, 0.1) is 17.6 Å². The van der Waals surface area contributed by atoms with Crippen LogP contribution in [0, 0.1) is 17.6 Å². The summed E-state index contributed by atoms with van der Waals surface area (Å²) in [6.07, 6.45) is 0.0345. The normalized spacial score (nSPS) is 17.8. The molecule has 0 bridgehead atoms. The number of para-hydroxylation sites is 1. The van der Waals surface area contributed by atoms with Gasteiger partial charge in [-0.15, -0.1) is 0 Å². The van der Waals surface area contributed by atoms with Crippen molar-refractivity contribution in [2.75, 3.05) is 32.1 Å². The van der Waals surface area contributed by atoms with E-state index in [0.29, 0.717) is 0 Å². The molecule has 1 fully saturated rings. The Morgan fingerprint density at radius 2 is 1.96 bits per heavy atom. The highest BCUT2D eigenvalue weighted by atomic mass is 19.1. The van der Waals surface area contributed by atoms with E-state index >= 15 is 0 Å². The third-order valence-corrected chi connectivity index (χ3v) is 4.97. The highest BCUT2D eigenvalue weighted by molar-refractivity contribution is 6.00. The topological polar surface area (TPSA) is 52.7 Å². The maximum atomic E-state index is 14.0. The van der Waals surface area contributed by atoms with Crippen LogP contribution in [-0.4, -0.2) is 43.9 Å². The molecule has 7 heteroatoms. The molecule has 2 aromatic carbocycles. The van der Waals surface area contributed by atoms with E-state index in [1.807, 2.05) is 19.0 Å². The van der Waals surface area contributed by atoms with Crippen molar-refractivity contribution in [3.8, 4) is 0 Å². The third kappa shape index (κ3) is 4.36. The largest absolute Gasteiger partial charge is 0.354 e. The highest BCUT2D eigenvalue weighted by Crippen LogP contribution is 2.27. The lowest BCUT2D eigenvalue weighted by Crippen LogP contribution is -2.38. The van der Waals surface area contributed by atoms with Crippen molar-refractivity contribution in [1.29, 1.82) is 0 Å². The Balaban J connectivity index is 1.65. The van der Waals surface area contributed by atoms with Crippen molar-refractivity contribution in [2.24, 2.45) is 5.92 Å². The van der Waals surface area contributed by atoms with E-state index < -0.39 is 11.7 Å². The van der Waals surface area contributed by atoms with Crippen LogP contribution in [0.15, 0.2) is 48.5 Å². The van der Waals surface area contributed by atoms with Gasteiger partial charge in [0.1, 0.15) is 11.6 Å². The van der Waals surface area contributed by atoms with E-state index in [1.54, 1.807) is 24.3 Å². The van der Waals surface area contributed by atoms with Gasteiger partial charge >= 0.3 is 0 Å². The van der Waals surface area contributed by atoms with Gasteiger partial charge in [0.25, 0.3) is 0 Å². The number of nitrogens with one attached hydrogen (secondary N) is 1. The molecule has 1 heterocycles. The quantitative estimate of drug-likeness (QED) is 0.829. The van der Waals surface area contributed by atoms with Crippen LogP contribution in [0.3, 0.4) is 0 Å². The number of carbonyl (C=O) groups excluding carboxylic acids is 2. The summed E-state index contributed by atoms with van der Waals surface area (Å²) in [5, 5.41) is 2.86. The summed E-state index contributed by atoms with van der Waals surface area (Å²) >= 11 is 0. The second-order valence-corrected chi connectivity index (χ2v) is 7.14. The number of hydrogen-bond acceptors (Lipinski definition) is 3. The Labute approximate surface area is 162 Å². The van der Waals surface area contributed by atoms with E-state index in [2.05, 4.69) is 5.32 Å². The molecular weight excluding hydrogens is 364 g/mol. The molecule has 28 heavy (non-hydrogen) atoms. The van der Waals surface area contributed by atoms with Crippen LogP contribution in [0.25, 0.3) is 0 Å². The van der Waals surface area contributed by atoms with Gasteiger partial charge in [-0.2, -0.15) is 0 Å². The van der Waals surface area contributed by atoms with E-state index in [4.69, 9.17) is 0 Å². The first-order valence-electron chi connectivity index (χ1n) is 9.11. The van der Waals surface area contributed by atoms with Crippen LogP contribution >= 0.6 is 0 Å². The van der Waals surface area contributed by atoms with Crippen LogP contribution < -0.4 is 10.2 Å². The SMILES string of the molecule is CN(C)[C@H](CNC(=O)[C@@H]1CC(=O)N(c2ccccc2F)C1)c1cccc(F)c1.